The van der Waals surface area contributed by atoms with E-state index < -0.39 is 5.54 Å². The van der Waals surface area contributed by atoms with Gasteiger partial charge in [-0.1, -0.05) is 18.2 Å². The molecule has 0 saturated carbocycles. The first kappa shape index (κ1) is 14.8. The fraction of sp³-hybridized carbons (Fsp3) is 0.500. The summed E-state index contributed by atoms with van der Waals surface area (Å²) in [4.78, 5) is 28.5. The number of rotatable bonds is 3. The summed E-state index contributed by atoms with van der Waals surface area (Å²) in [5.41, 5.74) is 0.526. The third kappa shape index (κ3) is 2.43. The minimum atomic E-state index is -0.513. The molecular weight excluding hydrogens is 280 g/mol. The maximum absolute atomic E-state index is 13.0. The van der Waals surface area contributed by atoms with Crippen LogP contribution in [0.2, 0.25) is 0 Å². The highest BCUT2D eigenvalue weighted by molar-refractivity contribution is 5.96. The second-order valence-electron chi connectivity index (χ2n) is 5.86. The summed E-state index contributed by atoms with van der Waals surface area (Å²) in [7, 11) is 1.60. The summed E-state index contributed by atoms with van der Waals surface area (Å²) in [5.74, 6) is -0.0613. The number of nitrogens with one attached hydrogen (secondary N) is 2. The lowest BCUT2D eigenvalue weighted by atomic mass is 9.86. The average molecular weight is 302 g/mol. The zero-order valence-corrected chi connectivity index (χ0v) is 12.8. The minimum Gasteiger partial charge on any atom is -0.358 e. The molecule has 1 spiro atoms. The highest BCUT2D eigenvalue weighted by Gasteiger charge is 2.52. The molecular formula is C16H22N4O2. The van der Waals surface area contributed by atoms with E-state index in [1.54, 1.807) is 11.9 Å². The fourth-order valence-electron chi connectivity index (χ4n) is 3.42. The highest BCUT2D eigenvalue weighted by Crippen LogP contribution is 2.37. The van der Waals surface area contributed by atoms with Crippen molar-refractivity contribution in [3.8, 4) is 0 Å². The molecule has 6 nitrogen and oxygen atoms in total. The van der Waals surface area contributed by atoms with E-state index >= 15 is 0 Å². The molecule has 6 heteroatoms. The number of piperidine rings is 1. The number of para-hydroxylation sites is 1. The maximum atomic E-state index is 13.0. The molecule has 2 aliphatic heterocycles. The van der Waals surface area contributed by atoms with Gasteiger partial charge in [0.25, 0.3) is 0 Å². The standard InChI is InChI=1S/C16H22N4O2/c1-17-14(21)11-19-12-20(13-5-3-2-4-6-13)16(15(19)22)7-9-18-10-8-16/h2-6,18H,7-12H2,1H3,(H,17,21). The van der Waals surface area contributed by atoms with E-state index in [0.29, 0.717) is 6.67 Å². The second kappa shape index (κ2) is 5.96. The zero-order chi connectivity index (χ0) is 15.6. The van der Waals surface area contributed by atoms with Crippen LogP contribution in [-0.2, 0) is 9.59 Å². The topological polar surface area (TPSA) is 64.7 Å². The van der Waals surface area contributed by atoms with Gasteiger partial charge in [-0.05, 0) is 38.1 Å². The Morgan fingerprint density at radius 1 is 1.27 bits per heavy atom. The number of nitrogens with zero attached hydrogens (tertiary/aromatic N) is 2. The van der Waals surface area contributed by atoms with Crippen LogP contribution in [0.4, 0.5) is 5.69 Å². The molecule has 1 aromatic rings. The van der Waals surface area contributed by atoms with Gasteiger partial charge in [0.2, 0.25) is 11.8 Å². The average Bonchev–Trinajstić information content (AvgIpc) is 2.82. The molecule has 2 saturated heterocycles. The Balaban J connectivity index is 1.92. The van der Waals surface area contributed by atoms with E-state index in [1.165, 1.54) is 0 Å². The van der Waals surface area contributed by atoms with Gasteiger partial charge < -0.3 is 20.4 Å². The number of likely N-dealkylation sites (N-methyl/N-ethyl adjacent to an activating group) is 1. The van der Waals surface area contributed by atoms with Crippen molar-refractivity contribution in [3.05, 3.63) is 30.3 Å². The van der Waals surface area contributed by atoms with Gasteiger partial charge in [0.05, 0.1) is 6.67 Å². The van der Waals surface area contributed by atoms with Crippen molar-refractivity contribution in [3.63, 3.8) is 0 Å². The highest BCUT2D eigenvalue weighted by atomic mass is 16.2. The van der Waals surface area contributed by atoms with E-state index in [2.05, 4.69) is 15.5 Å². The van der Waals surface area contributed by atoms with Crippen molar-refractivity contribution in [2.75, 3.05) is 38.3 Å². The van der Waals surface area contributed by atoms with Crippen LogP contribution in [0.25, 0.3) is 0 Å². The number of carbonyl (C=O) groups excluding carboxylic acids is 2. The van der Waals surface area contributed by atoms with Gasteiger partial charge in [-0.3, -0.25) is 9.59 Å². The van der Waals surface area contributed by atoms with Crippen molar-refractivity contribution in [1.82, 2.24) is 15.5 Å². The van der Waals surface area contributed by atoms with Gasteiger partial charge in [-0.15, -0.1) is 0 Å². The molecule has 0 radical (unpaired) electrons. The molecule has 2 N–H and O–H groups in total. The van der Waals surface area contributed by atoms with Crippen molar-refractivity contribution in [2.24, 2.45) is 0 Å². The van der Waals surface area contributed by atoms with Gasteiger partial charge in [-0.25, -0.2) is 0 Å². The van der Waals surface area contributed by atoms with E-state index in [0.717, 1.165) is 31.6 Å². The third-order valence-electron chi connectivity index (χ3n) is 4.63. The van der Waals surface area contributed by atoms with Gasteiger partial charge >= 0.3 is 0 Å². The fourth-order valence-corrected chi connectivity index (χ4v) is 3.42. The number of anilines is 1. The SMILES string of the molecule is CNC(=O)CN1CN(c2ccccc2)C2(CCNCC2)C1=O. The number of hydrogen-bond acceptors (Lipinski definition) is 4. The summed E-state index contributed by atoms with van der Waals surface area (Å²) < 4.78 is 0. The Kier molecular flexibility index (Phi) is 4.02. The Morgan fingerprint density at radius 3 is 2.59 bits per heavy atom. The van der Waals surface area contributed by atoms with E-state index in [9.17, 15) is 9.59 Å². The van der Waals surface area contributed by atoms with Crippen LogP contribution in [0.1, 0.15) is 12.8 Å². The van der Waals surface area contributed by atoms with Crippen molar-refractivity contribution in [1.29, 1.82) is 0 Å². The molecule has 0 aromatic heterocycles. The monoisotopic (exact) mass is 302 g/mol. The minimum absolute atomic E-state index is 0.0708. The molecule has 2 fully saturated rings. The molecule has 2 amide bonds. The predicted octanol–water partition coefficient (Wildman–Crippen LogP) is 0.161. The molecule has 0 atom stereocenters. The number of carbonyl (C=O) groups is 2. The lowest BCUT2D eigenvalue weighted by Gasteiger charge is -2.40. The van der Waals surface area contributed by atoms with Gasteiger partial charge in [0.15, 0.2) is 0 Å². The molecule has 3 rings (SSSR count). The molecule has 0 unspecified atom stereocenters. The van der Waals surface area contributed by atoms with Crippen LogP contribution in [0.15, 0.2) is 30.3 Å². The summed E-state index contributed by atoms with van der Waals surface area (Å²) >= 11 is 0. The van der Waals surface area contributed by atoms with Crippen molar-refractivity contribution >= 4 is 17.5 Å². The lowest BCUT2D eigenvalue weighted by Crippen LogP contribution is -2.55. The lowest BCUT2D eigenvalue weighted by molar-refractivity contribution is -0.136. The van der Waals surface area contributed by atoms with Crippen molar-refractivity contribution in [2.45, 2.75) is 18.4 Å². The second-order valence-corrected chi connectivity index (χ2v) is 5.86. The first-order valence-corrected chi connectivity index (χ1v) is 7.71. The number of benzene rings is 1. The van der Waals surface area contributed by atoms with E-state index in [4.69, 9.17) is 0 Å². The zero-order valence-electron chi connectivity index (χ0n) is 12.8. The molecule has 0 aliphatic carbocycles. The summed E-state index contributed by atoms with van der Waals surface area (Å²) in [6.07, 6.45) is 1.54. The first-order chi connectivity index (χ1) is 10.7. The summed E-state index contributed by atoms with van der Waals surface area (Å²) in [6.45, 7) is 2.23. The molecule has 2 heterocycles. The van der Waals surface area contributed by atoms with Crippen molar-refractivity contribution < 1.29 is 9.59 Å². The van der Waals surface area contributed by atoms with Crippen LogP contribution in [0.5, 0.6) is 0 Å². The Bertz CT molecular complexity index is 555. The van der Waals surface area contributed by atoms with Crippen LogP contribution in [0.3, 0.4) is 0 Å². The number of amides is 2. The quantitative estimate of drug-likeness (QED) is 0.835. The Morgan fingerprint density at radius 2 is 1.95 bits per heavy atom. The summed E-state index contributed by atoms with van der Waals surface area (Å²) in [6, 6.07) is 9.99. The summed E-state index contributed by atoms with van der Waals surface area (Å²) in [5, 5.41) is 5.91. The molecule has 0 bridgehead atoms. The third-order valence-corrected chi connectivity index (χ3v) is 4.63. The molecule has 22 heavy (non-hydrogen) atoms. The number of hydrogen-bond donors (Lipinski definition) is 2. The van der Waals surface area contributed by atoms with Gasteiger partial charge in [-0.2, -0.15) is 0 Å². The van der Waals surface area contributed by atoms with Crippen LogP contribution < -0.4 is 15.5 Å². The van der Waals surface area contributed by atoms with Crippen LogP contribution >= 0.6 is 0 Å². The molecule has 118 valence electrons. The normalized spacial score (nSPS) is 20.5. The first-order valence-electron chi connectivity index (χ1n) is 7.71. The van der Waals surface area contributed by atoms with E-state index in [1.807, 2.05) is 30.3 Å². The van der Waals surface area contributed by atoms with Gasteiger partial charge in [0, 0.05) is 12.7 Å². The molecule has 2 aliphatic rings. The Hall–Kier alpha value is -2.08. The smallest absolute Gasteiger partial charge is 0.250 e. The Labute approximate surface area is 130 Å². The van der Waals surface area contributed by atoms with Gasteiger partial charge in [0.1, 0.15) is 12.1 Å². The van der Waals surface area contributed by atoms with Crippen LogP contribution in [-0.4, -0.2) is 55.6 Å². The molecule has 1 aromatic carbocycles. The maximum Gasteiger partial charge on any atom is 0.250 e. The largest absolute Gasteiger partial charge is 0.358 e. The predicted molar refractivity (Wildman–Crippen MR) is 84.4 cm³/mol. The van der Waals surface area contributed by atoms with E-state index in [-0.39, 0.29) is 18.4 Å². The van der Waals surface area contributed by atoms with Crippen LogP contribution in [0, 0.1) is 0 Å².